The Morgan fingerprint density at radius 2 is 1.88 bits per heavy atom. The van der Waals surface area contributed by atoms with Gasteiger partial charge in [-0.1, -0.05) is 41.0 Å². The molecule has 0 aromatic heterocycles. The van der Waals surface area contributed by atoms with Crippen LogP contribution in [0.1, 0.15) is 12.8 Å². The van der Waals surface area contributed by atoms with Gasteiger partial charge < -0.3 is 10.0 Å². The number of carboxylic acid groups (broad SMARTS) is 1. The van der Waals surface area contributed by atoms with Gasteiger partial charge in [-0.2, -0.15) is 4.99 Å². The van der Waals surface area contributed by atoms with Crippen LogP contribution >= 0.6 is 35.0 Å². The molecule has 26 heavy (non-hydrogen) atoms. The molecule has 3 rings (SSSR count). The Morgan fingerprint density at radius 3 is 2.50 bits per heavy atom. The van der Waals surface area contributed by atoms with Gasteiger partial charge in [0, 0.05) is 11.7 Å². The van der Waals surface area contributed by atoms with Crippen molar-refractivity contribution in [2.75, 3.05) is 16.4 Å². The smallest absolute Gasteiger partial charge is 0.303 e. The van der Waals surface area contributed by atoms with Gasteiger partial charge in [0.2, 0.25) is 5.91 Å². The van der Waals surface area contributed by atoms with Crippen molar-refractivity contribution in [2.45, 2.75) is 24.1 Å². The number of aliphatic carboxylic acids is 1. The molecule has 2 fully saturated rings. The molecule has 7 nitrogen and oxygen atoms in total. The van der Waals surface area contributed by atoms with Crippen LogP contribution in [0.25, 0.3) is 0 Å². The summed E-state index contributed by atoms with van der Waals surface area (Å²) in [6.45, 7) is 0. The summed E-state index contributed by atoms with van der Waals surface area (Å²) in [5, 5.41) is 9.32. The molecule has 1 amide bonds. The van der Waals surface area contributed by atoms with Gasteiger partial charge in [0.25, 0.3) is 0 Å². The van der Waals surface area contributed by atoms with Gasteiger partial charge in [0.05, 0.1) is 39.7 Å². The Bertz CT molecular complexity index is 883. The maximum atomic E-state index is 12.0. The second kappa shape index (κ2) is 7.38. The van der Waals surface area contributed by atoms with Crippen molar-refractivity contribution in [3.8, 4) is 0 Å². The number of nitrogens with zero attached hydrogens (tertiary/aromatic N) is 2. The monoisotopic (exact) mass is 436 g/mol. The molecule has 0 saturated carbocycles. The third-order valence-corrected chi connectivity index (χ3v) is 7.84. The number of amidine groups is 1. The van der Waals surface area contributed by atoms with Crippen LogP contribution in [0.3, 0.4) is 0 Å². The van der Waals surface area contributed by atoms with Crippen LogP contribution in [0, 0.1) is 0 Å². The number of carboxylic acids is 1. The zero-order chi connectivity index (χ0) is 19.1. The van der Waals surface area contributed by atoms with E-state index in [9.17, 15) is 18.0 Å². The molecule has 2 heterocycles. The van der Waals surface area contributed by atoms with Crippen molar-refractivity contribution >= 4 is 67.5 Å². The number of para-hydroxylation sites is 1. The fourth-order valence-corrected chi connectivity index (χ4v) is 7.42. The first-order valence-electron chi connectivity index (χ1n) is 7.61. The summed E-state index contributed by atoms with van der Waals surface area (Å²) >= 11 is 13.7. The summed E-state index contributed by atoms with van der Waals surface area (Å²) in [4.78, 5) is 28.3. The summed E-state index contributed by atoms with van der Waals surface area (Å²) in [6.07, 6.45) is -0.564. The number of hydrogen-bond acceptors (Lipinski definition) is 5. The fourth-order valence-electron chi connectivity index (χ4n) is 2.92. The molecule has 2 aliphatic rings. The normalized spacial score (nSPS) is 25.5. The Labute approximate surface area is 164 Å². The van der Waals surface area contributed by atoms with Gasteiger partial charge in [-0.3, -0.25) is 9.59 Å². The van der Waals surface area contributed by atoms with Crippen molar-refractivity contribution in [2.24, 2.45) is 4.99 Å². The van der Waals surface area contributed by atoms with Gasteiger partial charge >= 0.3 is 5.97 Å². The molecule has 0 aliphatic carbocycles. The van der Waals surface area contributed by atoms with Crippen LogP contribution in [0.4, 0.5) is 5.69 Å². The number of hydrogen-bond donors (Lipinski definition) is 1. The molecule has 0 bridgehead atoms. The molecule has 0 unspecified atom stereocenters. The van der Waals surface area contributed by atoms with Crippen molar-refractivity contribution in [1.82, 2.24) is 0 Å². The Kier molecular flexibility index (Phi) is 5.53. The van der Waals surface area contributed by atoms with E-state index in [2.05, 4.69) is 4.99 Å². The summed E-state index contributed by atoms with van der Waals surface area (Å²) in [5.41, 5.74) is 0.401. The number of benzene rings is 1. The highest BCUT2D eigenvalue weighted by Crippen LogP contribution is 2.45. The van der Waals surface area contributed by atoms with Crippen molar-refractivity contribution < 1.29 is 23.1 Å². The first-order valence-corrected chi connectivity index (χ1v) is 11.1. The third kappa shape index (κ3) is 4.00. The number of sulfone groups is 1. The maximum absolute atomic E-state index is 12.0. The minimum Gasteiger partial charge on any atom is -0.481 e. The number of anilines is 1. The quantitative estimate of drug-likeness (QED) is 0.772. The molecule has 0 spiro atoms. The lowest BCUT2D eigenvalue weighted by Gasteiger charge is -2.26. The van der Waals surface area contributed by atoms with Crippen LogP contribution in [0.2, 0.25) is 10.0 Å². The Hall–Kier alpha value is -1.29. The molecule has 1 N–H and O–H groups in total. The number of thioether (sulfide) groups is 1. The van der Waals surface area contributed by atoms with Gasteiger partial charge in [-0.15, -0.1) is 0 Å². The zero-order valence-electron chi connectivity index (χ0n) is 13.3. The van der Waals surface area contributed by atoms with E-state index < -0.39 is 27.8 Å². The summed E-state index contributed by atoms with van der Waals surface area (Å²) in [7, 11) is -3.21. The van der Waals surface area contributed by atoms with E-state index in [0.29, 0.717) is 20.9 Å². The molecule has 2 saturated heterocycles. The molecule has 0 radical (unpaired) electrons. The summed E-state index contributed by atoms with van der Waals surface area (Å²) in [6, 6.07) is 4.46. The average Bonchev–Trinajstić information content (AvgIpc) is 2.97. The first-order chi connectivity index (χ1) is 12.2. The molecule has 11 heteroatoms. The number of carbonyl (C=O) groups excluding carboxylic acids is 1. The highest BCUT2D eigenvalue weighted by molar-refractivity contribution is 8.16. The summed E-state index contributed by atoms with van der Waals surface area (Å²) in [5.74, 6) is -1.80. The molecule has 140 valence electrons. The minimum absolute atomic E-state index is 0.0246. The van der Waals surface area contributed by atoms with Crippen molar-refractivity contribution in [3.05, 3.63) is 28.2 Å². The minimum atomic E-state index is -3.21. The van der Waals surface area contributed by atoms with Crippen LogP contribution in [0.5, 0.6) is 0 Å². The Morgan fingerprint density at radius 1 is 1.23 bits per heavy atom. The number of amides is 1. The van der Waals surface area contributed by atoms with Crippen molar-refractivity contribution in [1.29, 1.82) is 0 Å². The molecule has 1 aromatic rings. The topological polar surface area (TPSA) is 104 Å². The largest absolute Gasteiger partial charge is 0.481 e. The van der Waals surface area contributed by atoms with E-state index >= 15 is 0 Å². The van der Waals surface area contributed by atoms with Crippen molar-refractivity contribution in [3.63, 3.8) is 0 Å². The second-order valence-electron chi connectivity index (χ2n) is 5.92. The third-order valence-electron chi connectivity index (χ3n) is 4.02. The highest BCUT2D eigenvalue weighted by Gasteiger charge is 2.50. The molecule has 1 aromatic carbocycles. The van der Waals surface area contributed by atoms with E-state index in [1.165, 1.54) is 11.8 Å². The number of rotatable bonds is 4. The van der Waals surface area contributed by atoms with E-state index in [-0.39, 0.29) is 29.6 Å². The SMILES string of the molecule is O=C(O)CCC(=O)N=C1S[C@H]2CS(=O)(=O)C[C@@H]2N1c1c(Cl)cccc1Cl. The van der Waals surface area contributed by atoms with E-state index in [1.807, 2.05) is 0 Å². The second-order valence-corrected chi connectivity index (χ2v) is 10.1. The number of carbonyl (C=O) groups is 2. The predicted molar refractivity (Wildman–Crippen MR) is 102 cm³/mol. The van der Waals surface area contributed by atoms with Crippen LogP contribution < -0.4 is 4.90 Å². The van der Waals surface area contributed by atoms with Crippen LogP contribution in [-0.2, 0) is 19.4 Å². The zero-order valence-corrected chi connectivity index (χ0v) is 16.4. The van der Waals surface area contributed by atoms with Gasteiger partial charge in [-0.05, 0) is 12.1 Å². The molecule has 2 atom stereocenters. The lowest BCUT2D eigenvalue weighted by atomic mass is 10.2. The Balaban J connectivity index is 1.99. The van der Waals surface area contributed by atoms with Gasteiger partial charge in [0.1, 0.15) is 0 Å². The summed E-state index contributed by atoms with van der Waals surface area (Å²) < 4.78 is 24.0. The molecule has 2 aliphatic heterocycles. The van der Waals surface area contributed by atoms with E-state index in [0.717, 1.165) is 0 Å². The average molecular weight is 437 g/mol. The predicted octanol–water partition coefficient (Wildman–Crippen LogP) is 2.46. The standard InChI is InChI=1S/C15H14Cl2N2O5S2/c16-8-2-1-3-9(17)14(8)19-10-6-26(23,24)7-11(10)25-15(19)18-12(20)4-5-13(21)22/h1-3,10-11H,4-7H2,(H,21,22)/t10-,11-/m0/s1. The van der Waals surface area contributed by atoms with E-state index in [1.54, 1.807) is 23.1 Å². The molecular weight excluding hydrogens is 423 g/mol. The lowest BCUT2D eigenvalue weighted by molar-refractivity contribution is -0.138. The van der Waals surface area contributed by atoms with Gasteiger partial charge in [0.15, 0.2) is 15.0 Å². The number of fused-ring (bicyclic) bond motifs is 1. The number of aliphatic imine (C=N–C) groups is 1. The van der Waals surface area contributed by atoms with Crippen LogP contribution in [-0.4, -0.2) is 53.4 Å². The van der Waals surface area contributed by atoms with Crippen LogP contribution in [0.15, 0.2) is 23.2 Å². The first kappa shape index (κ1) is 19.5. The van der Waals surface area contributed by atoms with Gasteiger partial charge in [-0.25, -0.2) is 8.42 Å². The fraction of sp³-hybridized carbons (Fsp3) is 0.400. The molecular formula is C15H14Cl2N2O5S2. The maximum Gasteiger partial charge on any atom is 0.303 e. The van der Waals surface area contributed by atoms with E-state index in [4.69, 9.17) is 28.3 Å². The lowest BCUT2D eigenvalue weighted by Crippen LogP contribution is -2.38. The highest BCUT2D eigenvalue weighted by atomic mass is 35.5. The number of halogens is 2.